The monoisotopic (exact) mass is 476 g/mol. The summed E-state index contributed by atoms with van der Waals surface area (Å²) in [5, 5.41) is 12.0. The van der Waals surface area contributed by atoms with E-state index in [9.17, 15) is 14.4 Å². The highest BCUT2D eigenvalue weighted by molar-refractivity contribution is 5.91. The molecule has 2 fully saturated rings. The van der Waals surface area contributed by atoms with Crippen LogP contribution in [-0.2, 0) is 14.3 Å². The van der Waals surface area contributed by atoms with Gasteiger partial charge in [-0.2, -0.15) is 0 Å². The van der Waals surface area contributed by atoms with E-state index in [2.05, 4.69) is 29.6 Å². The van der Waals surface area contributed by atoms with E-state index in [0.29, 0.717) is 25.8 Å². The van der Waals surface area contributed by atoms with Crippen molar-refractivity contribution in [1.29, 1.82) is 0 Å². The number of carboxylic acids is 1. The molecule has 7 heteroatoms. The number of alkyl carbamates (subject to hydrolysis) is 1. The molecule has 2 aromatic rings. The summed E-state index contributed by atoms with van der Waals surface area (Å²) in [5.74, 6) is -0.978. The molecule has 1 aliphatic heterocycles. The van der Waals surface area contributed by atoms with E-state index in [1.807, 2.05) is 29.2 Å². The summed E-state index contributed by atoms with van der Waals surface area (Å²) < 4.78 is 5.72. The molecule has 0 bridgehead atoms. The van der Waals surface area contributed by atoms with E-state index in [1.165, 1.54) is 11.1 Å². The molecule has 35 heavy (non-hydrogen) atoms. The Bertz CT molecular complexity index is 1080. The minimum absolute atomic E-state index is 0.0383. The number of nitrogens with one attached hydrogen (secondary N) is 1. The first-order valence-electron chi connectivity index (χ1n) is 12.6. The lowest BCUT2D eigenvalue weighted by molar-refractivity contribution is -0.147. The van der Waals surface area contributed by atoms with Gasteiger partial charge >= 0.3 is 12.1 Å². The summed E-state index contributed by atoms with van der Waals surface area (Å²) in [7, 11) is 0. The fraction of sp³-hybridized carbons (Fsp3) is 0.464. The van der Waals surface area contributed by atoms with Gasteiger partial charge in [-0.05, 0) is 67.2 Å². The van der Waals surface area contributed by atoms with Gasteiger partial charge in [0, 0.05) is 24.9 Å². The number of nitrogens with zero attached hydrogens (tertiary/aromatic N) is 1. The molecule has 0 radical (unpaired) electrons. The Kier molecular flexibility index (Phi) is 6.50. The number of hydrogen-bond acceptors (Lipinski definition) is 4. The number of carbonyl (C=O) groups is 3. The minimum atomic E-state index is -0.943. The number of benzene rings is 2. The maximum atomic E-state index is 13.6. The topological polar surface area (TPSA) is 95.9 Å². The molecule has 0 aromatic heterocycles. The molecule has 7 nitrogen and oxygen atoms in total. The Morgan fingerprint density at radius 3 is 2.23 bits per heavy atom. The van der Waals surface area contributed by atoms with Gasteiger partial charge in [0.05, 0.1) is 0 Å². The largest absolute Gasteiger partial charge is 0.481 e. The predicted molar refractivity (Wildman–Crippen MR) is 131 cm³/mol. The van der Waals surface area contributed by atoms with Gasteiger partial charge in [0.15, 0.2) is 0 Å². The standard InChI is InChI=1S/C28H32N2O5/c31-25(32)14-13-19-8-5-6-17-30(19)26(33)28(15-7-16-28)29-27(34)35-18-24-22-11-3-1-9-20(22)21-10-2-4-12-23(21)24/h1-4,9-12,19,24H,5-8,13-18H2,(H,29,34)(H,31,32). The van der Waals surface area contributed by atoms with Crippen molar-refractivity contribution in [2.75, 3.05) is 13.2 Å². The Balaban J connectivity index is 1.25. The zero-order valence-corrected chi connectivity index (χ0v) is 19.9. The molecule has 1 saturated carbocycles. The van der Waals surface area contributed by atoms with Gasteiger partial charge in [0.25, 0.3) is 0 Å². The highest BCUT2D eigenvalue weighted by Gasteiger charge is 2.49. The molecule has 2 N–H and O–H groups in total. The molecular formula is C28H32N2O5. The number of aliphatic carboxylic acids is 1. The van der Waals surface area contributed by atoms with Crippen molar-refractivity contribution in [3.05, 3.63) is 59.7 Å². The van der Waals surface area contributed by atoms with Crippen LogP contribution in [-0.4, -0.2) is 52.7 Å². The van der Waals surface area contributed by atoms with Crippen LogP contribution in [0.15, 0.2) is 48.5 Å². The van der Waals surface area contributed by atoms with E-state index in [4.69, 9.17) is 9.84 Å². The molecular weight excluding hydrogens is 444 g/mol. The predicted octanol–water partition coefficient (Wildman–Crippen LogP) is 4.69. The highest BCUT2D eigenvalue weighted by Crippen LogP contribution is 2.44. The minimum Gasteiger partial charge on any atom is -0.481 e. The van der Waals surface area contributed by atoms with Crippen LogP contribution in [0, 0.1) is 0 Å². The van der Waals surface area contributed by atoms with Crippen molar-refractivity contribution in [3.8, 4) is 11.1 Å². The normalized spacial score (nSPS) is 20.3. The van der Waals surface area contributed by atoms with Crippen LogP contribution in [0.25, 0.3) is 11.1 Å². The number of likely N-dealkylation sites (tertiary alicyclic amines) is 1. The number of ether oxygens (including phenoxy) is 1. The maximum Gasteiger partial charge on any atom is 0.408 e. The number of rotatable bonds is 7. The van der Waals surface area contributed by atoms with Crippen LogP contribution < -0.4 is 5.32 Å². The van der Waals surface area contributed by atoms with Gasteiger partial charge in [-0.1, -0.05) is 48.5 Å². The molecule has 184 valence electrons. The van der Waals surface area contributed by atoms with Crippen LogP contribution in [0.1, 0.15) is 68.4 Å². The van der Waals surface area contributed by atoms with Crippen molar-refractivity contribution < 1.29 is 24.2 Å². The van der Waals surface area contributed by atoms with Crippen molar-refractivity contribution in [3.63, 3.8) is 0 Å². The van der Waals surface area contributed by atoms with Gasteiger partial charge < -0.3 is 20.1 Å². The van der Waals surface area contributed by atoms with Crippen molar-refractivity contribution in [2.45, 2.75) is 68.9 Å². The van der Waals surface area contributed by atoms with Crippen LogP contribution in [0.5, 0.6) is 0 Å². The molecule has 0 spiro atoms. The first-order valence-corrected chi connectivity index (χ1v) is 12.6. The fourth-order valence-corrected chi connectivity index (χ4v) is 5.89. The quantitative estimate of drug-likeness (QED) is 0.604. The van der Waals surface area contributed by atoms with Gasteiger partial charge in [0.2, 0.25) is 5.91 Å². The maximum absolute atomic E-state index is 13.6. The molecule has 1 unspecified atom stereocenters. The fourth-order valence-electron chi connectivity index (χ4n) is 5.89. The zero-order valence-electron chi connectivity index (χ0n) is 19.9. The van der Waals surface area contributed by atoms with E-state index in [1.54, 1.807) is 0 Å². The van der Waals surface area contributed by atoms with Gasteiger partial charge in [-0.25, -0.2) is 4.79 Å². The second-order valence-corrected chi connectivity index (χ2v) is 9.97. The number of carbonyl (C=O) groups excluding carboxylic acids is 2. The number of carboxylic acid groups (broad SMARTS) is 1. The summed E-state index contributed by atoms with van der Waals surface area (Å²) in [6.07, 6.45) is 4.64. The smallest absolute Gasteiger partial charge is 0.408 e. The second-order valence-electron chi connectivity index (χ2n) is 9.97. The van der Waals surface area contributed by atoms with Crippen LogP contribution in [0.2, 0.25) is 0 Å². The number of fused-ring (bicyclic) bond motifs is 3. The second kappa shape index (κ2) is 9.72. The Labute approximate surface area is 205 Å². The van der Waals surface area contributed by atoms with Crippen LogP contribution >= 0.6 is 0 Å². The third-order valence-corrected chi connectivity index (χ3v) is 7.88. The van der Waals surface area contributed by atoms with E-state index in [0.717, 1.165) is 36.8 Å². The Hall–Kier alpha value is -3.35. The zero-order chi connectivity index (χ0) is 24.4. The summed E-state index contributed by atoms with van der Waals surface area (Å²) in [6, 6.07) is 16.3. The van der Waals surface area contributed by atoms with Gasteiger partial charge in [0.1, 0.15) is 12.1 Å². The lowest BCUT2D eigenvalue weighted by Crippen LogP contribution is -2.65. The van der Waals surface area contributed by atoms with Crippen LogP contribution in [0.4, 0.5) is 4.79 Å². The molecule has 1 heterocycles. The third-order valence-electron chi connectivity index (χ3n) is 7.88. The molecule has 3 aliphatic rings. The van der Waals surface area contributed by atoms with Gasteiger partial charge in [-0.15, -0.1) is 0 Å². The van der Waals surface area contributed by atoms with Crippen LogP contribution in [0.3, 0.4) is 0 Å². The SMILES string of the molecule is O=C(O)CCC1CCCCN1C(=O)C1(NC(=O)OCC2c3ccccc3-c3ccccc32)CCC1. The average Bonchev–Trinajstić information content (AvgIpc) is 3.17. The molecule has 2 aliphatic carbocycles. The number of amides is 2. The summed E-state index contributed by atoms with van der Waals surface area (Å²) >= 11 is 0. The van der Waals surface area contributed by atoms with E-state index < -0.39 is 17.6 Å². The van der Waals surface area contributed by atoms with Crippen molar-refractivity contribution in [2.24, 2.45) is 0 Å². The van der Waals surface area contributed by atoms with E-state index in [-0.39, 0.29) is 30.9 Å². The van der Waals surface area contributed by atoms with Gasteiger partial charge in [-0.3, -0.25) is 9.59 Å². The third kappa shape index (κ3) is 4.51. The lowest BCUT2D eigenvalue weighted by atomic mass is 9.75. The molecule has 1 atom stereocenters. The number of hydrogen-bond donors (Lipinski definition) is 2. The summed E-state index contributed by atoms with van der Waals surface area (Å²) in [4.78, 5) is 39.4. The molecule has 1 saturated heterocycles. The van der Waals surface area contributed by atoms with E-state index >= 15 is 0 Å². The van der Waals surface area contributed by atoms with Crippen molar-refractivity contribution >= 4 is 18.0 Å². The summed E-state index contributed by atoms with van der Waals surface area (Å²) in [6.45, 7) is 0.812. The Morgan fingerprint density at radius 2 is 1.63 bits per heavy atom. The first-order chi connectivity index (χ1) is 17.0. The Morgan fingerprint density at radius 1 is 0.971 bits per heavy atom. The summed E-state index contributed by atoms with van der Waals surface area (Å²) in [5.41, 5.74) is 3.68. The molecule has 2 amide bonds. The average molecular weight is 477 g/mol. The highest BCUT2D eigenvalue weighted by atomic mass is 16.5. The lowest BCUT2D eigenvalue weighted by Gasteiger charge is -2.47. The molecule has 5 rings (SSSR count). The number of piperidine rings is 1. The van der Waals surface area contributed by atoms with Crippen molar-refractivity contribution in [1.82, 2.24) is 10.2 Å². The first kappa shape index (κ1) is 23.4. The molecule has 2 aromatic carbocycles.